The van der Waals surface area contributed by atoms with Crippen LogP contribution in [0.4, 0.5) is 0 Å². The first-order valence-corrected chi connectivity index (χ1v) is 9.80. The maximum atomic E-state index is 10.4. The molecule has 0 bridgehead atoms. The van der Waals surface area contributed by atoms with E-state index < -0.39 is 5.54 Å². The summed E-state index contributed by atoms with van der Waals surface area (Å²) >= 11 is 0. The smallest absolute Gasteiger partial charge is 0.141 e. The van der Waals surface area contributed by atoms with Gasteiger partial charge >= 0.3 is 0 Å². The second kappa shape index (κ2) is 8.06. The largest absolute Gasteiger partial charge is 0.394 e. The van der Waals surface area contributed by atoms with Crippen LogP contribution in [0, 0.1) is 5.92 Å². The minimum atomic E-state index is -0.458. The first kappa shape index (κ1) is 18.6. The van der Waals surface area contributed by atoms with E-state index in [1.165, 1.54) is 18.4 Å². The zero-order chi connectivity index (χ0) is 18.7. The number of nitrogens with zero attached hydrogens (tertiary/aromatic N) is 3. The van der Waals surface area contributed by atoms with E-state index in [1.54, 1.807) is 6.33 Å². The zero-order valence-corrected chi connectivity index (χ0v) is 15.8. The molecule has 7 heteroatoms. The standard InChI is InChI=1S/C20H29N5O2/c1-15-10-27-13-20(12-26,25(15)9-16-5-3-2-4-6-16)11-21-18(17-7-8-17)19-22-14-23-24-19/h2-6,14-15,17-18,21,26H,7-13H2,1H3,(H,22,23,24)/t15-,18?,20+/m1/s1. The van der Waals surface area contributed by atoms with Crippen molar-refractivity contribution in [2.45, 2.75) is 43.9 Å². The van der Waals surface area contributed by atoms with Crippen molar-refractivity contribution in [2.24, 2.45) is 5.92 Å². The molecule has 0 spiro atoms. The minimum Gasteiger partial charge on any atom is -0.394 e. The van der Waals surface area contributed by atoms with E-state index in [2.05, 4.69) is 56.6 Å². The van der Waals surface area contributed by atoms with Crippen LogP contribution in [0.2, 0.25) is 0 Å². The first-order valence-electron chi connectivity index (χ1n) is 9.80. The van der Waals surface area contributed by atoms with Crippen molar-refractivity contribution >= 4 is 0 Å². The van der Waals surface area contributed by atoms with Gasteiger partial charge in [-0.05, 0) is 31.2 Å². The summed E-state index contributed by atoms with van der Waals surface area (Å²) in [6, 6.07) is 10.8. The van der Waals surface area contributed by atoms with E-state index in [0.717, 1.165) is 12.4 Å². The highest BCUT2D eigenvalue weighted by Crippen LogP contribution is 2.40. The van der Waals surface area contributed by atoms with Gasteiger partial charge in [0.25, 0.3) is 0 Å². The van der Waals surface area contributed by atoms with E-state index in [9.17, 15) is 5.11 Å². The molecule has 1 saturated heterocycles. The number of hydrogen-bond acceptors (Lipinski definition) is 6. The molecule has 3 N–H and O–H groups in total. The fraction of sp³-hybridized carbons (Fsp3) is 0.600. The quantitative estimate of drug-likeness (QED) is 0.652. The molecule has 1 aliphatic carbocycles. The van der Waals surface area contributed by atoms with Gasteiger partial charge in [-0.25, -0.2) is 4.98 Å². The molecule has 0 radical (unpaired) electrons. The van der Waals surface area contributed by atoms with Gasteiger partial charge in [0.1, 0.15) is 12.2 Å². The molecule has 0 amide bonds. The highest BCUT2D eigenvalue weighted by Gasteiger charge is 2.44. The zero-order valence-electron chi connectivity index (χ0n) is 15.8. The predicted octanol–water partition coefficient (Wildman–Crippen LogP) is 1.50. The summed E-state index contributed by atoms with van der Waals surface area (Å²) in [6.07, 6.45) is 3.96. The average Bonchev–Trinajstić information content (AvgIpc) is 3.39. The van der Waals surface area contributed by atoms with Gasteiger partial charge in [-0.3, -0.25) is 10.00 Å². The molecular formula is C20H29N5O2. The van der Waals surface area contributed by atoms with E-state index in [4.69, 9.17) is 4.74 Å². The maximum absolute atomic E-state index is 10.4. The number of aliphatic hydroxyl groups excluding tert-OH is 1. The summed E-state index contributed by atoms with van der Waals surface area (Å²) in [4.78, 5) is 6.75. The number of morpholine rings is 1. The van der Waals surface area contributed by atoms with E-state index in [1.807, 2.05) is 6.07 Å². The van der Waals surface area contributed by atoms with Crippen molar-refractivity contribution in [1.29, 1.82) is 0 Å². The van der Waals surface area contributed by atoms with Crippen molar-refractivity contribution < 1.29 is 9.84 Å². The number of hydrogen-bond donors (Lipinski definition) is 3. The number of aliphatic hydroxyl groups is 1. The number of rotatable bonds is 8. The summed E-state index contributed by atoms with van der Waals surface area (Å²) in [7, 11) is 0. The number of nitrogens with one attached hydrogen (secondary N) is 2. The molecule has 3 atom stereocenters. The van der Waals surface area contributed by atoms with Crippen LogP contribution in [0.3, 0.4) is 0 Å². The van der Waals surface area contributed by atoms with Crippen LogP contribution in [0.25, 0.3) is 0 Å². The Labute approximate surface area is 160 Å². The highest BCUT2D eigenvalue weighted by atomic mass is 16.5. The second-order valence-corrected chi connectivity index (χ2v) is 7.93. The summed E-state index contributed by atoms with van der Waals surface area (Å²) < 4.78 is 5.88. The van der Waals surface area contributed by atoms with Crippen LogP contribution in [0.1, 0.15) is 37.2 Å². The van der Waals surface area contributed by atoms with Crippen LogP contribution < -0.4 is 5.32 Å². The molecule has 4 rings (SSSR count). The van der Waals surface area contributed by atoms with Crippen molar-refractivity contribution in [2.75, 3.05) is 26.4 Å². The lowest BCUT2D eigenvalue weighted by atomic mass is 9.93. The summed E-state index contributed by atoms with van der Waals surface area (Å²) in [5.74, 6) is 1.46. The number of aromatic amines is 1. The van der Waals surface area contributed by atoms with Crippen LogP contribution in [0.5, 0.6) is 0 Å². The first-order chi connectivity index (χ1) is 13.2. The molecule has 1 saturated carbocycles. The Hall–Kier alpha value is -1.80. The van der Waals surface area contributed by atoms with Gasteiger partial charge in [-0.15, -0.1) is 0 Å². The lowest BCUT2D eigenvalue weighted by Gasteiger charge is -2.50. The molecule has 1 aromatic carbocycles. The van der Waals surface area contributed by atoms with Gasteiger partial charge in [0, 0.05) is 19.1 Å². The lowest BCUT2D eigenvalue weighted by Crippen LogP contribution is -2.66. The van der Waals surface area contributed by atoms with Crippen LogP contribution in [0.15, 0.2) is 36.7 Å². The minimum absolute atomic E-state index is 0.0466. The van der Waals surface area contributed by atoms with Gasteiger partial charge in [-0.1, -0.05) is 30.3 Å². The van der Waals surface area contributed by atoms with Crippen molar-refractivity contribution in [3.8, 4) is 0 Å². The summed E-state index contributed by atoms with van der Waals surface area (Å²) in [6.45, 7) is 4.85. The fourth-order valence-corrected chi connectivity index (χ4v) is 4.09. The Morgan fingerprint density at radius 2 is 2.19 bits per heavy atom. The molecule has 2 fully saturated rings. The molecule has 2 aliphatic rings. The SMILES string of the molecule is C[C@@H]1COC[C@@](CO)(CNC(c2ncn[nH]2)C2CC2)N1Cc1ccccc1. The number of aromatic nitrogens is 3. The Morgan fingerprint density at radius 3 is 2.85 bits per heavy atom. The maximum Gasteiger partial charge on any atom is 0.141 e. The van der Waals surface area contributed by atoms with Crippen molar-refractivity contribution in [3.63, 3.8) is 0 Å². The molecule has 1 aliphatic heterocycles. The van der Waals surface area contributed by atoms with E-state index in [0.29, 0.717) is 25.7 Å². The van der Waals surface area contributed by atoms with Gasteiger partial charge in [0.2, 0.25) is 0 Å². The fourth-order valence-electron chi connectivity index (χ4n) is 4.09. The molecule has 1 unspecified atom stereocenters. The Kier molecular flexibility index (Phi) is 5.54. The Morgan fingerprint density at radius 1 is 1.37 bits per heavy atom. The van der Waals surface area contributed by atoms with Gasteiger partial charge in [0.15, 0.2) is 0 Å². The molecule has 146 valence electrons. The Balaban J connectivity index is 1.52. The van der Waals surface area contributed by atoms with Crippen molar-refractivity contribution in [3.05, 3.63) is 48.0 Å². The molecule has 2 heterocycles. The van der Waals surface area contributed by atoms with Crippen LogP contribution in [-0.4, -0.2) is 63.1 Å². The van der Waals surface area contributed by atoms with E-state index >= 15 is 0 Å². The predicted molar refractivity (Wildman–Crippen MR) is 102 cm³/mol. The summed E-state index contributed by atoms with van der Waals surface area (Å²) in [5.41, 5.74) is 0.791. The highest BCUT2D eigenvalue weighted by molar-refractivity contribution is 5.16. The molecule has 2 aromatic rings. The van der Waals surface area contributed by atoms with E-state index in [-0.39, 0.29) is 18.7 Å². The third-order valence-electron chi connectivity index (χ3n) is 5.83. The number of benzene rings is 1. The van der Waals surface area contributed by atoms with Gasteiger partial charge in [0.05, 0.1) is 31.4 Å². The lowest BCUT2D eigenvalue weighted by molar-refractivity contribution is -0.123. The second-order valence-electron chi connectivity index (χ2n) is 7.93. The summed E-state index contributed by atoms with van der Waals surface area (Å²) in [5, 5.41) is 21.1. The molecular weight excluding hydrogens is 342 g/mol. The van der Waals surface area contributed by atoms with Gasteiger partial charge < -0.3 is 15.2 Å². The molecule has 1 aromatic heterocycles. The van der Waals surface area contributed by atoms with Crippen LogP contribution >= 0.6 is 0 Å². The Bertz CT molecular complexity index is 706. The normalized spacial score (nSPS) is 27.6. The monoisotopic (exact) mass is 371 g/mol. The third kappa shape index (κ3) is 4.06. The van der Waals surface area contributed by atoms with Crippen molar-refractivity contribution in [1.82, 2.24) is 25.4 Å². The number of ether oxygens (including phenoxy) is 1. The topological polar surface area (TPSA) is 86.3 Å². The number of H-pyrrole nitrogens is 1. The molecule has 27 heavy (non-hydrogen) atoms. The van der Waals surface area contributed by atoms with Gasteiger partial charge in [-0.2, -0.15) is 5.10 Å². The van der Waals surface area contributed by atoms with Crippen LogP contribution in [-0.2, 0) is 11.3 Å². The third-order valence-corrected chi connectivity index (χ3v) is 5.83. The average molecular weight is 371 g/mol. The molecule has 7 nitrogen and oxygen atoms in total.